The van der Waals surface area contributed by atoms with Gasteiger partial charge < -0.3 is 30.2 Å². The number of benzene rings is 2. The van der Waals surface area contributed by atoms with E-state index in [1.165, 1.54) is 6.92 Å². The molecule has 2 rings (SSSR count). The molecule has 0 unspecified atom stereocenters. The molecule has 0 aliphatic carbocycles. The van der Waals surface area contributed by atoms with Gasteiger partial charge in [-0.3, -0.25) is 9.79 Å². The van der Waals surface area contributed by atoms with Crippen molar-refractivity contribution in [3.05, 3.63) is 53.6 Å². The first kappa shape index (κ1) is 28.5. The van der Waals surface area contributed by atoms with Crippen LogP contribution in [-0.4, -0.2) is 51.9 Å². The maximum Gasteiger partial charge on any atom is 0.221 e. The molecule has 0 fully saturated rings. The van der Waals surface area contributed by atoms with Crippen LogP contribution in [0.2, 0.25) is 0 Å². The van der Waals surface area contributed by atoms with Gasteiger partial charge in [-0.2, -0.15) is 0 Å². The minimum Gasteiger partial charge on any atom is -0.492 e. The number of anilines is 1. The summed E-state index contributed by atoms with van der Waals surface area (Å²) >= 11 is 0. The van der Waals surface area contributed by atoms with Gasteiger partial charge in [-0.05, 0) is 37.6 Å². The maximum atomic E-state index is 11.2. The first-order valence-corrected chi connectivity index (χ1v) is 10.8. The number of nitrogens with one attached hydrogen (secondary N) is 3. The Bertz CT molecular complexity index is 893. The molecule has 0 aromatic heterocycles. The smallest absolute Gasteiger partial charge is 0.221 e. The number of nitrogens with zero attached hydrogens (tertiary/aromatic N) is 1. The molecular weight excluding hydrogens is 535 g/mol. The highest BCUT2D eigenvalue weighted by Gasteiger charge is 2.06. The summed E-state index contributed by atoms with van der Waals surface area (Å²) in [5, 5.41) is 9.27. The van der Waals surface area contributed by atoms with Gasteiger partial charge in [0.15, 0.2) is 5.96 Å². The molecule has 182 valence electrons. The van der Waals surface area contributed by atoms with Crippen LogP contribution >= 0.6 is 24.0 Å². The Labute approximate surface area is 213 Å². The maximum absolute atomic E-state index is 11.2. The summed E-state index contributed by atoms with van der Waals surface area (Å²) in [4.78, 5) is 15.4. The Morgan fingerprint density at radius 1 is 1.03 bits per heavy atom. The van der Waals surface area contributed by atoms with Crippen molar-refractivity contribution in [2.75, 3.05) is 45.3 Å². The third-order valence-corrected chi connectivity index (χ3v) is 4.40. The fourth-order valence-corrected chi connectivity index (χ4v) is 2.90. The quantitative estimate of drug-likeness (QED) is 0.156. The summed E-state index contributed by atoms with van der Waals surface area (Å²) in [6, 6.07) is 13.4. The fraction of sp³-hybridized carbons (Fsp3) is 0.417. The number of rotatable bonds is 12. The van der Waals surface area contributed by atoms with Gasteiger partial charge in [-0.1, -0.05) is 18.2 Å². The zero-order valence-electron chi connectivity index (χ0n) is 19.8. The molecule has 8 nitrogen and oxygen atoms in total. The van der Waals surface area contributed by atoms with Gasteiger partial charge in [-0.15, -0.1) is 24.0 Å². The molecule has 0 atom stereocenters. The van der Waals surface area contributed by atoms with Gasteiger partial charge in [-0.25, -0.2) is 0 Å². The largest absolute Gasteiger partial charge is 0.492 e. The molecule has 0 heterocycles. The Hall–Kier alpha value is -2.53. The van der Waals surface area contributed by atoms with Crippen LogP contribution in [0.3, 0.4) is 0 Å². The number of carbonyl (C=O) groups is 1. The number of ether oxygens (including phenoxy) is 3. The number of guanidine groups is 1. The van der Waals surface area contributed by atoms with E-state index < -0.39 is 0 Å². The number of halogens is 1. The van der Waals surface area contributed by atoms with E-state index in [2.05, 4.69) is 33.1 Å². The third kappa shape index (κ3) is 11.2. The van der Waals surface area contributed by atoms with Crippen molar-refractivity contribution in [2.45, 2.75) is 27.3 Å². The van der Waals surface area contributed by atoms with Crippen molar-refractivity contribution in [2.24, 2.45) is 4.99 Å². The van der Waals surface area contributed by atoms with Crippen molar-refractivity contribution in [1.82, 2.24) is 10.6 Å². The van der Waals surface area contributed by atoms with Crippen LogP contribution in [-0.2, 0) is 16.1 Å². The Balaban J connectivity index is 0.00000544. The number of aliphatic imine (C=N–C) groups is 1. The number of aryl methyl sites for hydroxylation is 1. The topological polar surface area (TPSA) is 93.2 Å². The van der Waals surface area contributed by atoms with Crippen molar-refractivity contribution in [3.8, 4) is 11.5 Å². The monoisotopic (exact) mass is 570 g/mol. The lowest BCUT2D eigenvalue weighted by Gasteiger charge is -2.16. The van der Waals surface area contributed by atoms with E-state index in [4.69, 9.17) is 14.2 Å². The summed E-state index contributed by atoms with van der Waals surface area (Å²) in [5.41, 5.74) is 2.89. The van der Waals surface area contributed by atoms with Crippen LogP contribution in [0, 0.1) is 6.92 Å². The molecule has 0 aliphatic rings. The minimum absolute atomic E-state index is 0. The SMILES string of the molecule is CCOCCOc1cc(C)ccc1CNC(=NC)NCCOc1cccc(NC(C)=O)c1.I. The standard InChI is InChI=1S/C24H34N4O4.HI/c1-5-30-13-14-32-23-15-18(2)9-10-20(23)17-27-24(25-4)26-11-12-31-22-8-6-7-21(16-22)28-19(3)29;/h6-10,15-16H,5,11-14,17H2,1-4H3,(H,28,29)(H2,25,26,27);1H. The molecule has 0 spiro atoms. The third-order valence-electron chi connectivity index (χ3n) is 4.40. The average molecular weight is 570 g/mol. The number of hydrogen-bond donors (Lipinski definition) is 3. The summed E-state index contributed by atoms with van der Waals surface area (Å²) in [6.07, 6.45) is 0. The molecule has 1 amide bonds. The summed E-state index contributed by atoms with van der Waals surface area (Å²) < 4.78 is 17.0. The second kappa shape index (κ2) is 16.1. The summed E-state index contributed by atoms with van der Waals surface area (Å²) in [7, 11) is 1.72. The molecule has 0 saturated heterocycles. The van der Waals surface area contributed by atoms with Gasteiger partial charge in [0.05, 0.1) is 13.2 Å². The number of amides is 1. The van der Waals surface area contributed by atoms with Gasteiger partial charge >= 0.3 is 0 Å². The van der Waals surface area contributed by atoms with Crippen LogP contribution in [0.1, 0.15) is 25.0 Å². The number of carbonyl (C=O) groups excluding carboxylic acids is 1. The van der Waals surface area contributed by atoms with E-state index in [0.29, 0.717) is 56.9 Å². The lowest BCUT2D eigenvalue weighted by atomic mass is 10.1. The van der Waals surface area contributed by atoms with Gasteiger partial charge in [0.2, 0.25) is 5.91 Å². The highest BCUT2D eigenvalue weighted by molar-refractivity contribution is 14.0. The van der Waals surface area contributed by atoms with E-state index in [9.17, 15) is 4.79 Å². The van der Waals surface area contributed by atoms with E-state index in [0.717, 1.165) is 16.9 Å². The van der Waals surface area contributed by atoms with Gasteiger partial charge in [0.1, 0.15) is 24.7 Å². The average Bonchev–Trinajstić information content (AvgIpc) is 2.77. The second-order valence-corrected chi connectivity index (χ2v) is 7.07. The van der Waals surface area contributed by atoms with Crippen molar-refractivity contribution >= 4 is 41.5 Å². The van der Waals surface area contributed by atoms with E-state index >= 15 is 0 Å². The van der Waals surface area contributed by atoms with Crippen LogP contribution in [0.15, 0.2) is 47.5 Å². The molecule has 2 aromatic carbocycles. The van der Waals surface area contributed by atoms with Crippen LogP contribution in [0.25, 0.3) is 0 Å². The molecule has 0 radical (unpaired) electrons. The molecule has 0 aliphatic heterocycles. The van der Waals surface area contributed by atoms with Crippen LogP contribution in [0.5, 0.6) is 11.5 Å². The van der Waals surface area contributed by atoms with Crippen molar-refractivity contribution in [3.63, 3.8) is 0 Å². The molecule has 0 saturated carbocycles. The zero-order valence-corrected chi connectivity index (χ0v) is 22.1. The molecular formula is C24H35IN4O4. The summed E-state index contributed by atoms with van der Waals surface area (Å²) in [5.74, 6) is 2.08. The van der Waals surface area contributed by atoms with E-state index in [1.54, 1.807) is 13.1 Å². The van der Waals surface area contributed by atoms with E-state index in [-0.39, 0.29) is 29.9 Å². The minimum atomic E-state index is -0.116. The Morgan fingerprint density at radius 2 is 1.85 bits per heavy atom. The second-order valence-electron chi connectivity index (χ2n) is 7.07. The van der Waals surface area contributed by atoms with Crippen LogP contribution < -0.4 is 25.4 Å². The molecule has 9 heteroatoms. The first-order chi connectivity index (χ1) is 15.5. The van der Waals surface area contributed by atoms with Gasteiger partial charge in [0, 0.05) is 44.4 Å². The molecule has 2 aromatic rings. The summed E-state index contributed by atoms with van der Waals surface area (Å²) in [6.45, 7) is 8.82. The van der Waals surface area contributed by atoms with E-state index in [1.807, 2.05) is 38.1 Å². The molecule has 33 heavy (non-hydrogen) atoms. The molecule has 3 N–H and O–H groups in total. The Morgan fingerprint density at radius 3 is 2.58 bits per heavy atom. The number of hydrogen-bond acceptors (Lipinski definition) is 5. The van der Waals surface area contributed by atoms with Crippen molar-refractivity contribution < 1.29 is 19.0 Å². The highest BCUT2D eigenvalue weighted by atomic mass is 127. The predicted octanol–water partition coefficient (Wildman–Crippen LogP) is 3.73. The fourth-order valence-electron chi connectivity index (χ4n) is 2.90. The van der Waals surface area contributed by atoms with Gasteiger partial charge in [0.25, 0.3) is 0 Å². The normalized spacial score (nSPS) is 10.7. The van der Waals surface area contributed by atoms with Crippen LogP contribution in [0.4, 0.5) is 5.69 Å². The predicted molar refractivity (Wildman–Crippen MR) is 143 cm³/mol. The lowest BCUT2D eigenvalue weighted by molar-refractivity contribution is -0.114. The lowest BCUT2D eigenvalue weighted by Crippen LogP contribution is -2.39. The zero-order chi connectivity index (χ0) is 23.2. The first-order valence-electron chi connectivity index (χ1n) is 10.8. The highest BCUT2D eigenvalue weighted by Crippen LogP contribution is 2.20. The molecule has 0 bridgehead atoms. The van der Waals surface area contributed by atoms with Crippen molar-refractivity contribution in [1.29, 1.82) is 0 Å². The Kier molecular flexibility index (Phi) is 13.9.